The number of nitrogens with two attached hydrogens (primary N) is 2. The topological polar surface area (TPSA) is 131 Å². The Balaban J connectivity index is 1.60. The van der Waals surface area contributed by atoms with E-state index in [0.717, 1.165) is 37.0 Å². The van der Waals surface area contributed by atoms with Gasteiger partial charge in [0.05, 0.1) is 13.7 Å². The molecule has 0 bridgehead atoms. The minimum absolute atomic E-state index is 0.257. The van der Waals surface area contributed by atoms with E-state index < -0.39 is 0 Å². The van der Waals surface area contributed by atoms with Crippen LogP contribution >= 0.6 is 11.9 Å². The molecule has 0 atom stereocenters. The summed E-state index contributed by atoms with van der Waals surface area (Å²) in [7, 11) is 1.61. The quantitative estimate of drug-likeness (QED) is 0.133. The molecule has 2 aromatic rings. The van der Waals surface area contributed by atoms with Gasteiger partial charge >= 0.3 is 0 Å². The van der Waals surface area contributed by atoms with Crippen molar-refractivity contribution < 1.29 is 9.53 Å². The van der Waals surface area contributed by atoms with Crippen molar-refractivity contribution in [3.63, 3.8) is 0 Å². The summed E-state index contributed by atoms with van der Waals surface area (Å²) in [6.07, 6.45) is 6.54. The van der Waals surface area contributed by atoms with Gasteiger partial charge in [-0.2, -0.15) is 0 Å². The SMILES string of the molecule is COc1cccc(CNC(=O)c2cc(/C(N)=N/N(N)CC3CCC(NSC)CC3)cc(C)n2)c1. The number of carbonyl (C=O) groups excluding carboxylic acids is 1. The molecule has 1 aromatic heterocycles. The van der Waals surface area contributed by atoms with E-state index in [4.69, 9.17) is 16.3 Å². The maximum absolute atomic E-state index is 12.7. The lowest BCUT2D eigenvalue weighted by Gasteiger charge is -2.30. The maximum Gasteiger partial charge on any atom is 0.270 e. The van der Waals surface area contributed by atoms with Gasteiger partial charge in [-0.25, -0.2) is 15.9 Å². The number of hydrazine groups is 1. The molecule has 0 radical (unpaired) electrons. The van der Waals surface area contributed by atoms with Gasteiger partial charge in [0.15, 0.2) is 5.84 Å². The molecule has 1 fully saturated rings. The molecule has 9 nitrogen and oxygen atoms in total. The van der Waals surface area contributed by atoms with E-state index in [1.54, 1.807) is 31.2 Å². The molecule has 1 amide bonds. The van der Waals surface area contributed by atoms with Crippen LogP contribution in [0.5, 0.6) is 5.75 Å². The van der Waals surface area contributed by atoms with Crippen molar-refractivity contribution in [1.82, 2.24) is 20.1 Å². The Kier molecular flexibility index (Phi) is 9.55. The van der Waals surface area contributed by atoms with Gasteiger partial charge in [0, 0.05) is 23.8 Å². The zero-order valence-corrected chi connectivity index (χ0v) is 20.9. The van der Waals surface area contributed by atoms with E-state index in [9.17, 15) is 4.79 Å². The monoisotopic (exact) mass is 485 g/mol. The number of nitrogens with one attached hydrogen (secondary N) is 2. The number of hydrazone groups is 1. The molecule has 1 aliphatic carbocycles. The van der Waals surface area contributed by atoms with Crippen molar-refractivity contribution in [2.75, 3.05) is 19.9 Å². The summed E-state index contributed by atoms with van der Waals surface area (Å²) >= 11 is 1.67. The minimum atomic E-state index is -0.291. The molecule has 0 aliphatic heterocycles. The summed E-state index contributed by atoms with van der Waals surface area (Å²) in [6, 6.07) is 11.5. The van der Waals surface area contributed by atoms with E-state index in [2.05, 4.69) is 26.4 Å². The Morgan fingerprint density at radius 1 is 1.26 bits per heavy atom. The Morgan fingerprint density at radius 3 is 2.74 bits per heavy atom. The number of benzene rings is 1. The highest BCUT2D eigenvalue weighted by atomic mass is 32.2. The minimum Gasteiger partial charge on any atom is -0.497 e. The van der Waals surface area contributed by atoms with Gasteiger partial charge in [-0.15, -0.1) is 5.10 Å². The number of amidine groups is 1. The second-order valence-corrected chi connectivity index (χ2v) is 9.21. The van der Waals surface area contributed by atoms with Gasteiger partial charge in [0.1, 0.15) is 11.4 Å². The van der Waals surface area contributed by atoms with Crippen LogP contribution in [0.25, 0.3) is 0 Å². The molecule has 34 heavy (non-hydrogen) atoms. The number of methoxy groups -OCH3 is 1. The largest absolute Gasteiger partial charge is 0.497 e. The first-order valence-corrected chi connectivity index (χ1v) is 12.7. The summed E-state index contributed by atoms with van der Waals surface area (Å²) in [4.78, 5) is 17.1. The zero-order chi connectivity index (χ0) is 24.5. The summed E-state index contributed by atoms with van der Waals surface area (Å²) in [5.74, 6) is 7.34. The molecule has 1 saturated carbocycles. The number of carbonyl (C=O) groups is 1. The van der Waals surface area contributed by atoms with Crippen molar-refractivity contribution >= 4 is 23.7 Å². The highest BCUT2D eigenvalue weighted by molar-refractivity contribution is 7.96. The number of hydrogen-bond acceptors (Lipinski definition) is 8. The van der Waals surface area contributed by atoms with Gasteiger partial charge in [-0.3, -0.25) is 9.52 Å². The predicted octanol–water partition coefficient (Wildman–Crippen LogP) is 2.55. The lowest BCUT2D eigenvalue weighted by atomic mass is 9.86. The van der Waals surface area contributed by atoms with E-state index in [1.165, 1.54) is 5.12 Å². The number of hydrogen-bond donors (Lipinski definition) is 4. The predicted molar refractivity (Wildman–Crippen MR) is 137 cm³/mol. The Labute approximate surface area is 205 Å². The van der Waals surface area contributed by atoms with Crippen molar-refractivity contribution in [3.8, 4) is 5.75 Å². The smallest absolute Gasteiger partial charge is 0.270 e. The van der Waals surface area contributed by atoms with Gasteiger partial charge < -0.3 is 15.8 Å². The summed E-state index contributed by atoms with van der Waals surface area (Å²) in [5.41, 5.74) is 8.73. The second-order valence-electron chi connectivity index (χ2n) is 8.56. The Morgan fingerprint density at radius 2 is 2.03 bits per heavy atom. The maximum atomic E-state index is 12.7. The number of rotatable bonds is 10. The number of pyridine rings is 1. The third-order valence-electron chi connectivity index (χ3n) is 5.88. The molecular formula is C24H35N7O2S. The van der Waals surface area contributed by atoms with E-state index in [0.29, 0.717) is 36.3 Å². The van der Waals surface area contributed by atoms with Crippen molar-refractivity contribution in [2.45, 2.75) is 45.2 Å². The Hall–Kier alpha value is -2.82. The molecule has 1 heterocycles. The van der Waals surface area contributed by atoms with Crippen LogP contribution in [-0.4, -0.2) is 47.8 Å². The lowest BCUT2D eigenvalue weighted by Crippen LogP contribution is -2.37. The van der Waals surface area contributed by atoms with Crippen molar-refractivity contribution in [2.24, 2.45) is 22.6 Å². The van der Waals surface area contributed by atoms with Crippen LogP contribution in [-0.2, 0) is 6.54 Å². The van der Waals surface area contributed by atoms with Crippen LogP contribution in [0.1, 0.15) is 53.0 Å². The number of nitrogens with zero attached hydrogens (tertiary/aromatic N) is 3. The number of amides is 1. The molecule has 6 N–H and O–H groups in total. The molecule has 184 valence electrons. The van der Waals surface area contributed by atoms with Crippen LogP contribution in [0.2, 0.25) is 0 Å². The molecule has 1 aliphatic rings. The number of ether oxygens (including phenoxy) is 1. The third-order valence-corrected chi connectivity index (χ3v) is 6.45. The average molecular weight is 486 g/mol. The molecule has 1 aromatic carbocycles. The zero-order valence-electron chi connectivity index (χ0n) is 20.1. The molecular weight excluding hydrogens is 450 g/mol. The van der Waals surface area contributed by atoms with Crippen molar-refractivity contribution in [3.05, 3.63) is 58.9 Å². The molecule has 3 rings (SSSR count). The van der Waals surface area contributed by atoms with Gasteiger partial charge in [-0.1, -0.05) is 24.1 Å². The average Bonchev–Trinajstić information content (AvgIpc) is 2.83. The van der Waals surface area contributed by atoms with Crippen LogP contribution in [0, 0.1) is 12.8 Å². The van der Waals surface area contributed by atoms with Crippen LogP contribution < -0.4 is 26.4 Å². The molecule has 10 heteroatoms. The van der Waals surface area contributed by atoms with E-state index in [-0.39, 0.29) is 17.4 Å². The standard InChI is InChI=1S/C24H35N7O2S/c1-16-11-19(23(25)29-31(26)15-17-7-9-20(10-8-17)30-34-3)13-22(28-16)24(32)27-14-18-5-4-6-21(12-18)33-2/h4-6,11-13,17,20,30H,7-10,14-15,26H2,1-3H3,(H2,25,29)(H,27,32). The van der Waals surface area contributed by atoms with Crippen LogP contribution in [0.3, 0.4) is 0 Å². The van der Waals surface area contributed by atoms with Gasteiger partial charge in [-0.05, 0) is 74.6 Å². The second kappa shape index (κ2) is 12.6. The molecule has 0 spiro atoms. The fraction of sp³-hybridized carbons (Fsp3) is 0.458. The first-order valence-electron chi connectivity index (χ1n) is 11.4. The summed E-state index contributed by atoms with van der Waals surface area (Å²) in [5, 5.41) is 8.67. The fourth-order valence-corrected chi connectivity index (χ4v) is 4.69. The van der Waals surface area contributed by atoms with Crippen LogP contribution in [0.4, 0.5) is 0 Å². The number of aromatic nitrogens is 1. The fourth-order valence-electron chi connectivity index (χ4n) is 4.12. The van der Waals surface area contributed by atoms with Crippen LogP contribution in [0.15, 0.2) is 41.5 Å². The normalized spacial score (nSPS) is 18.4. The molecule has 0 saturated heterocycles. The lowest BCUT2D eigenvalue weighted by molar-refractivity contribution is 0.0945. The number of aryl methyl sites for hydroxylation is 1. The Bertz CT molecular complexity index is 993. The van der Waals surface area contributed by atoms with Gasteiger partial charge in [0.2, 0.25) is 0 Å². The first kappa shape index (κ1) is 25.8. The van der Waals surface area contributed by atoms with E-state index >= 15 is 0 Å². The first-order chi connectivity index (χ1) is 16.4. The van der Waals surface area contributed by atoms with E-state index in [1.807, 2.05) is 31.2 Å². The third kappa shape index (κ3) is 7.61. The summed E-state index contributed by atoms with van der Waals surface area (Å²) < 4.78 is 8.66. The highest BCUT2D eigenvalue weighted by Crippen LogP contribution is 2.25. The van der Waals surface area contributed by atoms with Crippen molar-refractivity contribution in [1.29, 1.82) is 0 Å². The summed E-state index contributed by atoms with van der Waals surface area (Å²) in [6.45, 7) is 2.82. The highest BCUT2D eigenvalue weighted by Gasteiger charge is 2.22. The van der Waals surface area contributed by atoms with Gasteiger partial charge in [0.25, 0.3) is 5.91 Å². The molecule has 0 unspecified atom stereocenters.